The lowest BCUT2D eigenvalue weighted by molar-refractivity contribution is -0.123. The molecule has 0 fully saturated rings. The van der Waals surface area contributed by atoms with E-state index in [1.807, 2.05) is 19.9 Å². The maximum atomic E-state index is 12.2. The molecule has 0 unspecified atom stereocenters. The predicted molar refractivity (Wildman–Crippen MR) is 101 cm³/mol. The molecule has 0 bridgehead atoms. The first-order valence-corrected chi connectivity index (χ1v) is 9.21. The first-order chi connectivity index (χ1) is 12.0. The van der Waals surface area contributed by atoms with Crippen molar-refractivity contribution in [2.75, 3.05) is 6.61 Å². The fraction of sp³-hybridized carbons (Fsp3) is 0.381. The standard InChI is InChI=1S/C21H24ClNO2/c1-14-11-19(9-10-20(14)22)25-13-21(24)23-15(2)17-8-7-16-5-3-4-6-18(16)12-17/h7-12,15H,3-6,13H2,1-2H3,(H,23,24)/t15-/m1/s1. The third-order valence-corrected chi connectivity index (χ3v) is 5.17. The van der Waals surface area contributed by atoms with Gasteiger partial charge in [0.2, 0.25) is 0 Å². The van der Waals surface area contributed by atoms with E-state index < -0.39 is 0 Å². The Hall–Kier alpha value is -2.00. The van der Waals surface area contributed by atoms with Gasteiger partial charge in [-0.2, -0.15) is 0 Å². The van der Waals surface area contributed by atoms with Crippen molar-refractivity contribution >= 4 is 17.5 Å². The topological polar surface area (TPSA) is 38.3 Å². The summed E-state index contributed by atoms with van der Waals surface area (Å²) < 4.78 is 5.56. The second-order valence-electron chi connectivity index (χ2n) is 6.72. The number of rotatable bonds is 5. The van der Waals surface area contributed by atoms with E-state index in [-0.39, 0.29) is 18.6 Å². The van der Waals surface area contributed by atoms with Crippen molar-refractivity contribution < 1.29 is 9.53 Å². The maximum absolute atomic E-state index is 12.2. The minimum absolute atomic E-state index is 0.00362. The smallest absolute Gasteiger partial charge is 0.258 e. The van der Waals surface area contributed by atoms with Crippen LogP contribution >= 0.6 is 11.6 Å². The third-order valence-electron chi connectivity index (χ3n) is 4.75. The van der Waals surface area contributed by atoms with Crippen LogP contribution in [0.15, 0.2) is 36.4 Å². The number of ether oxygens (including phenoxy) is 1. The molecule has 0 radical (unpaired) electrons. The largest absolute Gasteiger partial charge is 0.484 e. The molecular weight excluding hydrogens is 334 g/mol. The molecule has 2 aromatic rings. The van der Waals surface area contributed by atoms with Crippen molar-refractivity contribution in [2.45, 2.75) is 45.6 Å². The molecule has 0 saturated carbocycles. The van der Waals surface area contributed by atoms with Crippen LogP contribution in [0, 0.1) is 6.92 Å². The Balaban J connectivity index is 1.56. The lowest BCUT2D eigenvalue weighted by Gasteiger charge is -2.20. The lowest BCUT2D eigenvalue weighted by atomic mass is 9.89. The number of hydrogen-bond acceptors (Lipinski definition) is 2. The van der Waals surface area contributed by atoms with Gasteiger partial charge in [0.1, 0.15) is 5.75 Å². The zero-order valence-corrected chi connectivity index (χ0v) is 15.5. The molecule has 1 N–H and O–H groups in total. The van der Waals surface area contributed by atoms with Crippen molar-refractivity contribution in [3.8, 4) is 5.75 Å². The lowest BCUT2D eigenvalue weighted by Crippen LogP contribution is -2.31. The molecule has 4 heteroatoms. The molecule has 3 rings (SSSR count). The number of halogens is 1. The summed E-state index contributed by atoms with van der Waals surface area (Å²) in [7, 11) is 0. The van der Waals surface area contributed by atoms with Crippen molar-refractivity contribution in [3.05, 3.63) is 63.7 Å². The van der Waals surface area contributed by atoms with Gasteiger partial charge in [-0.3, -0.25) is 4.79 Å². The summed E-state index contributed by atoms with van der Waals surface area (Å²) in [4.78, 5) is 12.2. The number of fused-ring (bicyclic) bond motifs is 1. The van der Waals surface area contributed by atoms with E-state index in [1.165, 1.54) is 30.4 Å². The average molecular weight is 358 g/mol. The normalized spacial score (nSPS) is 14.5. The monoisotopic (exact) mass is 357 g/mol. The molecule has 0 heterocycles. The Morgan fingerprint density at radius 1 is 1.16 bits per heavy atom. The average Bonchev–Trinajstić information content (AvgIpc) is 2.62. The molecular formula is C21H24ClNO2. The molecule has 1 aliphatic carbocycles. The van der Waals surface area contributed by atoms with Gasteiger partial charge in [0.25, 0.3) is 5.91 Å². The Kier molecular flexibility index (Phi) is 5.64. The molecule has 0 saturated heterocycles. The Labute approximate surface area is 154 Å². The molecule has 25 heavy (non-hydrogen) atoms. The van der Waals surface area contributed by atoms with Crippen LogP contribution in [0.2, 0.25) is 5.02 Å². The molecule has 2 aromatic carbocycles. The van der Waals surface area contributed by atoms with Gasteiger partial charge in [0.15, 0.2) is 6.61 Å². The minimum Gasteiger partial charge on any atom is -0.484 e. The maximum Gasteiger partial charge on any atom is 0.258 e. The van der Waals surface area contributed by atoms with Crippen molar-refractivity contribution in [2.24, 2.45) is 0 Å². The van der Waals surface area contributed by atoms with E-state index in [2.05, 4.69) is 23.5 Å². The van der Waals surface area contributed by atoms with E-state index in [4.69, 9.17) is 16.3 Å². The minimum atomic E-state index is -0.127. The number of aryl methyl sites for hydroxylation is 3. The highest BCUT2D eigenvalue weighted by Gasteiger charge is 2.14. The molecule has 1 atom stereocenters. The van der Waals surface area contributed by atoms with Gasteiger partial charge in [-0.15, -0.1) is 0 Å². The fourth-order valence-corrected chi connectivity index (χ4v) is 3.36. The first-order valence-electron chi connectivity index (χ1n) is 8.83. The number of benzene rings is 2. The summed E-state index contributed by atoms with van der Waals surface area (Å²) in [6, 6.07) is 11.9. The van der Waals surface area contributed by atoms with Crippen LogP contribution in [0.1, 0.15) is 48.1 Å². The number of amides is 1. The second kappa shape index (κ2) is 7.92. The van der Waals surface area contributed by atoms with Crippen LogP contribution in [0.3, 0.4) is 0 Å². The SMILES string of the molecule is Cc1cc(OCC(=O)N[C@H](C)c2ccc3c(c2)CCCC3)ccc1Cl. The van der Waals surface area contributed by atoms with E-state index in [9.17, 15) is 4.79 Å². The van der Waals surface area contributed by atoms with Gasteiger partial charge in [-0.1, -0.05) is 29.8 Å². The van der Waals surface area contributed by atoms with Crippen LogP contribution in [0.25, 0.3) is 0 Å². The summed E-state index contributed by atoms with van der Waals surface area (Å²) in [6.07, 6.45) is 4.85. The van der Waals surface area contributed by atoms with Crippen molar-refractivity contribution in [3.63, 3.8) is 0 Å². The van der Waals surface area contributed by atoms with Crippen molar-refractivity contribution in [1.82, 2.24) is 5.32 Å². The Morgan fingerprint density at radius 2 is 1.92 bits per heavy atom. The molecule has 0 aromatic heterocycles. The van der Waals surface area contributed by atoms with Crippen LogP contribution in [0.5, 0.6) is 5.75 Å². The molecule has 1 aliphatic rings. The van der Waals surface area contributed by atoms with Gasteiger partial charge in [0, 0.05) is 5.02 Å². The summed E-state index contributed by atoms with van der Waals surface area (Å²) in [5.74, 6) is 0.524. The van der Waals surface area contributed by atoms with Gasteiger partial charge in [-0.25, -0.2) is 0 Å². The van der Waals surface area contributed by atoms with E-state index in [0.717, 1.165) is 17.5 Å². The summed E-state index contributed by atoms with van der Waals surface area (Å²) in [5, 5.41) is 3.70. The van der Waals surface area contributed by atoms with Crippen LogP contribution < -0.4 is 10.1 Å². The van der Waals surface area contributed by atoms with Gasteiger partial charge < -0.3 is 10.1 Å². The highest BCUT2D eigenvalue weighted by molar-refractivity contribution is 6.31. The van der Waals surface area contributed by atoms with Crippen LogP contribution in [-0.4, -0.2) is 12.5 Å². The fourth-order valence-electron chi connectivity index (χ4n) is 3.25. The highest BCUT2D eigenvalue weighted by Crippen LogP contribution is 2.25. The number of carbonyl (C=O) groups excluding carboxylic acids is 1. The quantitative estimate of drug-likeness (QED) is 0.836. The summed E-state index contributed by atoms with van der Waals surface area (Å²) in [6.45, 7) is 3.92. The molecule has 0 spiro atoms. The van der Waals surface area contributed by atoms with Gasteiger partial charge in [-0.05, 0) is 80.0 Å². The molecule has 132 valence electrons. The third kappa shape index (κ3) is 4.55. The van der Waals surface area contributed by atoms with Crippen molar-refractivity contribution in [1.29, 1.82) is 0 Å². The second-order valence-corrected chi connectivity index (χ2v) is 7.13. The summed E-state index contributed by atoms with van der Waals surface area (Å²) >= 11 is 6.00. The molecule has 1 amide bonds. The first kappa shape index (κ1) is 17.8. The zero-order valence-electron chi connectivity index (χ0n) is 14.8. The van der Waals surface area contributed by atoms with E-state index in [1.54, 1.807) is 12.1 Å². The van der Waals surface area contributed by atoms with Crippen LogP contribution in [-0.2, 0) is 17.6 Å². The number of carbonyl (C=O) groups is 1. The number of nitrogens with one attached hydrogen (secondary N) is 1. The Bertz CT molecular complexity index is 772. The molecule has 3 nitrogen and oxygen atoms in total. The van der Waals surface area contributed by atoms with Gasteiger partial charge in [0.05, 0.1) is 6.04 Å². The van der Waals surface area contributed by atoms with Gasteiger partial charge >= 0.3 is 0 Å². The van der Waals surface area contributed by atoms with E-state index in [0.29, 0.717) is 10.8 Å². The Morgan fingerprint density at radius 3 is 2.68 bits per heavy atom. The van der Waals surface area contributed by atoms with Crippen LogP contribution in [0.4, 0.5) is 0 Å². The summed E-state index contributed by atoms with van der Waals surface area (Å²) in [5.41, 5.74) is 4.96. The molecule has 0 aliphatic heterocycles. The van der Waals surface area contributed by atoms with E-state index >= 15 is 0 Å². The number of hydrogen-bond donors (Lipinski definition) is 1. The predicted octanol–water partition coefficient (Wildman–Crippen LogP) is 4.78. The highest BCUT2D eigenvalue weighted by atomic mass is 35.5. The zero-order chi connectivity index (χ0) is 17.8.